The Morgan fingerprint density at radius 2 is 2.50 bits per heavy atom. The van der Waals surface area contributed by atoms with Crippen molar-refractivity contribution in [2.24, 2.45) is 3.21 Å². The fourth-order valence-corrected chi connectivity index (χ4v) is 3.29. The van der Waals surface area contributed by atoms with Gasteiger partial charge in [-0.1, -0.05) is 0 Å². The van der Waals surface area contributed by atoms with Crippen LogP contribution in [0, 0.1) is 6.92 Å². The predicted molar refractivity (Wildman–Crippen MR) is 53.6 cm³/mol. The Hall–Kier alpha value is -0.100. The van der Waals surface area contributed by atoms with Crippen molar-refractivity contribution >= 4 is 42.6 Å². The van der Waals surface area contributed by atoms with Gasteiger partial charge in [0.1, 0.15) is 5.69 Å². The van der Waals surface area contributed by atoms with Crippen molar-refractivity contribution in [3.8, 4) is 0 Å². The van der Waals surface area contributed by atoms with Crippen LogP contribution in [0.3, 0.4) is 0 Å². The van der Waals surface area contributed by atoms with Gasteiger partial charge in [0.15, 0.2) is 0 Å². The molecule has 1 aliphatic heterocycles. The molecule has 4 heteroatoms. The summed E-state index contributed by atoms with van der Waals surface area (Å²) in [6.07, 6.45) is 1.89. The summed E-state index contributed by atoms with van der Waals surface area (Å²) in [4.78, 5) is 5.63. The summed E-state index contributed by atoms with van der Waals surface area (Å²) < 4.78 is 6.43. The molecule has 1 aromatic rings. The van der Waals surface area contributed by atoms with Crippen molar-refractivity contribution < 1.29 is 0 Å². The number of thiazole rings is 1. The van der Waals surface area contributed by atoms with E-state index in [0.717, 1.165) is 10.7 Å². The lowest BCUT2D eigenvalue weighted by Gasteiger charge is -1.89. The fourth-order valence-electron chi connectivity index (χ4n) is 0.776. The van der Waals surface area contributed by atoms with E-state index in [9.17, 15) is 0 Å². The van der Waals surface area contributed by atoms with Crippen LogP contribution in [-0.4, -0.2) is 15.2 Å². The standard InChI is InChI=1S/C6H5IN2S/c1-4-9-5-3-8-7-2-6(5)10-4/h2-3H,1H3. The SMILES string of the molecule is Cc1nc2c(s1)C=IN=C2. The van der Waals surface area contributed by atoms with E-state index in [4.69, 9.17) is 0 Å². The Balaban J connectivity index is 2.64. The predicted octanol–water partition coefficient (Wildman–Crippen LogP) is 1.92. The second kappa shape index (κ2) is 2.50. The molecule has 0 aromatic carbocycles. The van der Waals surface area contributed by atoms with Crippen LogP contribution < -0.4 is 0 Å². The van der Waals surface area contributed by atoms with Crippen molar-refractivity contribution in [2.75, 3.05) is 0 Å². The number of aromatic nitrogens is 1. The molecule has 0 saturated heterocycles. The van der Waals surface area contributed by atoms with Gasteiger partial charge in [0.05, 0.1) is 16.1 Å². The first-order valence-electron chi connectivity index (χ1n) is 2.83. The summed E-state index contributed by atoms with van der Waals surface area (Å²) >= 11 is 1.71. The maximum absolute atomic E-state index is 4.31. The number of hydrogen-bond donors (Lipinski definition) is 0. The van der Waals surface area contributed by atoms with Crippen molar-refractivity contribution in [1.82, 2.24) is 4.98 Å². The summed E-state index contributed by atoms with van der Waals surface area (Å²) in [6.45, 7) is 2.03. The van der Waals surface area contributed by atoms with Crippen molar-refractivity contribution in [3.05, 3.63) is 15.6 Å². The van der Waals surface area contributed by atoms with Crippen LogP contribution in [0.15, 0.2) is 3.21 Å². The first-order chi connectivity index (χ1) is 4.86. The van der Waals surface area contributed by atoms with E-state index in [1.807, 2.05) is 13.1 Å². The monoisotopic (exact) mass is 264 g/mol. The molecule has 2 heterocycles. The molecule has 0 spiro atoms. The zero-order valence-corrected chi connectivity index (χ0v) is 8.31. The third-order valence-electron chi connectivity index (χ3n) is 1.16. The Labute approximate surface area is 73.1 Å². The van der Waals surface area contributed by atoms with Gasteiger partial charge < -0.3 is 0 Å². The van der Waals surface area contributed by atoms with Gasteiger partial charge in [-0.15, -0.1) is 11.3 Å². The smallest absolute Gasteiger partial charge is 0.101 e. The number of nitrogens with zero attached hydrogens (tertiary/aromatic N) is 2. The van der Waals surface area contributed by atoms with Crippen molar-refractivity contribution in [2.45, 2.75) is 6.92 Å². The molecule has 2 nitrogen and oxygen atoms in total. The first kappa shape index (κ1) is 6.60. The van der Waals surface area contributed by atoms with Gasteiger partial charge in [-0.05, 0) is 6.92 Å². The molecule has 2 rings (SSSR count). The van der Waals surface area contributed by atoms with Gasteiger partial charge >= 0.3 is 0 Å². The molecule has 0 fully saturated rings. The van der Waals surface area contributed by atoms with Crippen LogP contribution in [0.5, 0.6) is 0 Å². The molecule has 10 heavy (non-hydrogen) atoms. The quantitative estimate of drug-likeness (QED) is 0.657. The summed E-state index contributed by atoms with van der Waals surface area (Å²) in [7, 11) is 0. The lowest BCUT2D eigenvalue weighted by atomic mass is 10.4. The zero-order chi connectivity index (χ0) is 6.97. The van der Waals surface area contributed by atoms with Crippen molar-refractivity contribution in [3.63, 3.8) is 0 Å². The van der Waals surface area contributed by atoms with E-state index in [2.05, 4.69) is 12.2 Å². The third-order valence-corrected chi connectivity index (χ3v) is 4.02. The van der Waals surface area contributed by atoms with Gasteiger partial charge in [-0.3, -0.25) is 0 Å². The second-order valence-corrected chi connectivity index (χ2v) is 4.89. The van der Waals surface area contributed by atoms with Gasteiger partial charge in [0, 0.05) is 25.0 Å². The molecule has 0 N–H and O–H groups in total. The molecule has 0 unspecified atom stereocenters. The number of hydrogen-bond acceptors (Lipinski definition) is 3. The largest absolute Gasteiger partial charge is 0.240 e. The Kier molecular flexibility index (Phi) is 1.65. The lowest BCUT2D eigenvalue weighted by molar-refractivity contribution is 1.28. The van der Waals surface area contributed by atoms with Crippen LogP contribution >= 0.6 is 32.3 Å². The lowest BCUT2D eigenvalue weighted by Crippen LogP contribution is -1.87. The highest BCUT2D eigenvalue weighted by Gasteiger charge is 2.05. The fraction of sp³-hybridized carbons (Fsp3) is 0.167. The summed E-state index contributed by atoms with van der Waals surface area (Å²) in [5.41, 5.74) is 1.06. The molecular weight excluding hydrogens is 259 g/mol. The molecule has 0 saturated carbocycles. The summed E-state index contributed by atoms with van der Waals surface area (Å²) in [6, 6.07) is 0. The second-order valence-electron chi connectivity index (χ2n) is 1.92. The maximum Gasteiger partial charge on any atom is 0.101 e. The van der Waals surface area contributed by atoms with Gasteiger partial charge in [0.2, 0.25) is 0 Å². The van der Waals surface area contributed by atoms with E-state index in [1.54, 1.807) is 11.3 Å². The highest BCUT2D eigenvalue weighted by atomic mass is 127. The highest BCUT2D eigenvalue weighted by Crippen LogP contribution is 2.20. The van der Waals surface area contributed by atoms with Gasteiger partial charge in [-0.2, -0.15) is 0 Å². The molecule has 1 aromatic heterocycles. The first-order valence-corrected chi connectivity index (χ1v) is 5.86. The van der Waals surface area contributed by atoms with Crippen LogP contribution in [0.1, 0.15) is 15.6 Å². The molecule has 1 aliphatic rings. The topological polar surface area (TPSA) is 25.2 Å². The summed E-state index contributed by atoms with van der Waals surface area (Å²) in [5, 5.41) is 1.14. The van der Waals surface area contributed by atoms with Crippen molar-refractivity contribution in [1.29, 1.82) is 0 Å². The molecule has 52 valence electrons. The Morgan fingerprint density at radius 1 is 1.60 bits per heavy atom. The normalized spacial score (nSPS) is 14.5. The highest BCUT2D eigenvalue weighted by molar-refractivity contribution is 14.2. The Bertz CT molecular complexity index is 284. The van der Waals surface area contributed by atoms with E-state index < -0.39 is 0 Å². The molecule has 0 atom stereocenters. The van der Waals surface area contributed by atoms with E-state index in [0.29, 0.717) is 0 Å². The number of rotatable bonds is 0. The molecule has 0 aliphatic carbocycles. The Morgan fingerprint density at radius 3 is 3.30 bits per heavy atom. The number of fused-ring (bicyclic) bond motifs is 1. The third kappa shape index (κ3) is 1.05. The maximum atomic E-state index is 4.31. The van der Waals surface area contributed by atoms with E-state index in [1.165, 1.54) is 4.88 Å². The molecule has 0 bridgehead atoms. The molecular formula is C6H5IN2S. The van der Waals surface area contributed by atoms with Crippen LogP contribution in [0.25, 0.3) is 0 Å². The zero-order valence-electron chi connectivity index (χ0n) is 5.34. The minimum Gasteiger partial charge on any atom is -0.240 e. The van der Waals surface area contributed by atoms with E-state index >= 15 is 0 Å². The van der Waals surface area contributed by atoms with E-state index in [-0.39, 0.29) is 21.0 Å². The van der Waals surface area contributed by atoms with Crippen LogP contribution in [0.2, 0.25) is 0 Å². The molecule has 0 radical (unpaired) electrons. The number of halogens is 1. The van der Waals surface area contributed by atoms with Crippen LogP contribution in [0.4, 0.5) is 0 Å². The minimum absolute atomic E-state index is 0.0461. The average Bonchev–Trinajstić information content (AvgIpc) is 2.27. The van der Waals surface area contributed by atoms with Gasteiger partial charge in [-0.25, -0.2) is 8.19 Å². The summed E-state index contributed by atoms with van der Waals surface area (Å²) in [5.74, 6) is 0. The average molecular weight is 264 g/mol. The molecule has 0 amide bonds. The minimum atomic E-state index is -0.0461. The number of aryl methyl sites for hydroxylation is 1. The van der Waals surface area contributed by atoms with Gasteiger partial charge in [0.25, 0.3) is 0 Å². The van der Waals surface area contributed by atoms with Crippen LogP contribution in [-0.2, 0) is 0 Å².